The van der Waals surface area contributed by atoms with Gasteiger partial charge in [-0.25, -0.2) is 9.59 Å². The Hall–Kier alpha value is -3.94. The Kier molecular flexibility index (Phi) is 11.7. The Morgan fingerprint density at radius 3 is 1.11 bits per heavy atom. The lowest BCUT2D eigenvalue weighted by Gasteiger charge is -2.08. The number of hydrogen-bond acceptors (Lipinski definition) is 11. The minimum Gasteiger partial charge on any atom is -0.460 e. The predicted molar refractivity (Wildman–Crippen MR) is 119 cm³/mol. The van der Waals surface area contributed by atoms with Gasteiger partial charge in [-0.15, -0.1) is 0 Å². The van der Waals surface area contributed by atoms with Crippen molar-refractivity contribution < 1.29 is 43.1 Å². The molecule has 0 atom stereocenters. The van der Waals surface area contributed by atoms with E-state index in [1.165, 1.54) is 48.5 Å². The van der Waals surface area contributed by atoms with Crippen molar-refractivity contribution in [3.8, 4) is 0 Å². The molecule has 0 aliphatic carbocycles. The maximum atomic E-state index is 11.8. The second-order valence-electron chi connectivity index (χ2n) is 6.72. The van der Waals surface area contributed by atoms with E-state index in [2.05, 4.69) is 0 Å². The van der Waals surface area contributed by atoms with Crippen molar-refractivity contribution in [1.82, 2.24) is 0 Å². The van der Waals surface area contributed by atoms with Crippen LogP contribution in [0.15, 0.2) is 48.5 Å². The monoisotopic (exact) mass is 492 g/mol. The van der Waals surface area contributed by atoms with Gasteiger partial charge in [-0.05, 0) is 24.3 Å². The molecule has 2 aromatic rings. The Morgan fingerprint density at radius 1 is 0.543 bits per heavy atom. The van der Waals surface area contributed by atoms with Crippen LogP contribution >= 0.6 is 0 Å². The fourth-order valence-corrected chi connectivity index (χ4v) is 2.53. The number of carbonyl (C=O) groups is 2. The highest BCUT2D eigenvalue weighted by Gasteiger charge is 2.11. The van der Waals surface area contributed by atoms with Crippen molar-refractivity contribution >= 4 is 23.3 Å². The second-order valence-corrected chi connectivity index (χ2v) is 6.72. The van der Waals surface area contributed by atoms with E-state index in [1.54, 1.807) is 0 Å². The molecule has 0 bridgehead atoms. The summed E-state index contributed by atoms with van der Waals surface area (Å²) in [7, 11) is 0. The maximum Gasteiger partial charge on any atom is 0.338 e. The van der Waals surface area contributed by atoms with Crippen LogP contribution in [0.3, 0.4) is 0 Å². The molecular formula is C22H24N2O11. The number of hydrogen-bond donors (Lipinski definition) is 0. The van der Waals surface area contributed by atoms with Gasteiger partial charge in [0.05, 0.1) is 60.6 Å². The normalized spacial score (nSPS) is 10.5. The second kappa shape index (κ2) is 15.1. The summed E-state index contributed by atoms with van der Waals surface area (Å²) >= 11 is 0. The van der Waals surface area contributed by atoms with Crippen molar-refractivity contribution in [3.05, 3.63) is 79.9 Å². The summed E-state index contributed by atoms with van der Waals surface area (Å²) in [6.45, 7) is 1.54. The SMILES string of the molecule is O=C(OCCOCCOCCOCCOC(=O)c1ccc([N+](=O)[O-])cc1)c1ccc([N+](=O)[O-])cc1. The summed E-state index contributed by atoms with van der Waals surface area (Å²) < 4.78 is 25.9. The van der Waals surface area contributed by atoms with Gasteiger partial charge in [-0.1, -0.05) is 0 Å². The molecule has 0 saturated heterocycles. The first-order valence-electron chi connectivity index (χ1n) is 10.4. The molecular weight excluding hydrogens is 468 g/mol. The highest BCUT2D eigenvalue weighted by atomic mass is 16.6. The average molecular weight is 492 g/mol. The van der Waals surface area contributed by atoms with Gasteiger partial charge in [-0.3, -0.25) is 20.2 Å². The Labute approximate surface area is 199 Å². The number of ether oxygens (including phenoxy) is 5. The molecule has 0 spiro atoms. The first-order valence-corrected chi connectivity index (χ1v) is 10.4. The van der Waals surface area contributed by atoms with E-state index in [-0.39, 0.29) is 62.1 Å². The Morgan fingerprint density at radius 2 is 0.829 bits per heavy atom. The van der Waals surface area contributed by atoms with Crippen LogP contribution in [0.25, 0.3) is 0 Å². The van der Waals surface area contributed by atoms with Gasteiger partial charge < -0.3 is 23.7 Å². The van der Waals surface area contributed by atoms with Gasteiger partial charge in [0.25, 0.3) is 11.4 Å². The van der Waals surface area contributed by atoms with Gasteiger partial charge in [-0.2, -0.15) is 0 Å². The van der Waals surface area contributed by atoms with Gasteiger partial charge in [0.15, 0.2) is 0 Å². The van der Waals surface area contributed by atoms with Crippen LogP contribution in [0.5, 0.6) is 0 Å². The van der Waals surface area contributed by atoms with Gasteiger partial charge in [0.1, 0.15) is 13.2 Å². The van der Waals surface area contributed by atoms with E-state index in [4.69, 9.17) is 23.7 Å². The van der Waals surface area contributed by atoms with E-state index in [9.17, 15) is 29.8 Å². The minimum atomic E-state index is -0.602. The van der Waals surface area contributed by atoms with Crippen LogP contribution in [0, 0.1) is 20.2 Å². The lowest BCUT2D eigenvalue weighted by atomic mass is 10.2. The van der Waals surface area contributed by atoms with Crippen LogP contribution in [0.1, 0.15) is 20.7 Å². The quantitative estimate of drug-likeness (QED) is 0.146. The molecule has 0 saturated carbocycles. The summed E-state index contributed by atoms with van der Waals surface area (Å²) in [6, 6.07) is 10.2. The van der Waals surface area contributed by atoms with E-state index < -0.39 is 21.8 Å². The molecule has 2 aromatic carbocycles. The summed E-state index contributed by atoms with van der Waals surface area (Å²) in [5.41, 5.74) is 0.192. The Bertz CT molecular complexity index is 898. The standard InChI is InChI=1S/C22H24N2O11/c25-21(17-1-5-19(6-2-17)23(27)28)34-15-13-32-11-9-31-10-12-33-14-16-35-22(26)18-3-7-20(8-4-18)24(29)30/h1-8H,9-16H2. The number of nitro groups is 2. The lowest BCUT2D eigenvalue weighted by molar-refractivity contribution is -0.385. The molecule has 13 nitrogen and oxygen atoms in total. The summed E-state index contributed by atoms with van der Waals surface area (Å²) in [5, 5.41) is 21.2. The molecule has 0 amide bonds. The number of carbonyl (C=O) groups excluding carboxylic acids is 2. The van der Waals surface area contributed by atoms with Gasteiger partial charge in [0.2, 0.25) is 0 Å². The number of esters is 2. The third kappa shape index (κ3) is 10.2. The zero-order chi connectivity index (χ0) is 25.5. The van der Waals surface area contributed by atoms with Gasteiger partial charge in [0, 0.05) is 24.3 Å². The van der Waals surface area contributed by atoms with E-state index in [0.29, 0.717) is 13.2 Å². The Balaban J connectivity index is 1.41. The maximum absolute atomic E-state index is 11.8. The van der Waals surface area contributed by atoms with Crippen molar-refractivity contribution in [1.29, 1.82) is 0 Å². The fourth-order valence-electron chi connectivity index (χ4n) is 2.53. The molecule has 0 radical (unpaired) electrons. The number of non-ortho nitro benzene ring substituents is 2. The fraction of sp³-hybridized carbons (Fsp3) is 0.364. The molecule has 0 N–H and O–H groups in total. The summed E-state index contributed by atoms with van der Waals surface area (Å²) in [5.74, 6) is -1.20. The highest BCUT2D eigenvalue weighted by molar-refractivity contribution is 5.90. The largest absolute Gasteiger partial charge is 0.460 e. The number of nitrogens with zero attached hydrogens (tertiary/aromatic N) is 2. The van der Waals surface area contributed by atoms with Crippen molar-refractivity contribution in [2.75, 3.05) is 52.9 Å². The lowest BCUT2D eigenvalue weighted by Crippen LogP contribution is -2.15. The topological polar surface area (TPSA) is 167 Å². The van der Waals surface area contributed by atoms with Crippen molar-refractivity contribution in [2.24, 2.45) is 0 Å². The van der Waals surface area contributed by atoms with E-state index in [1.807, 2.05) is 0 Å². The molecule has 0 aliphatic rings. The summed E-state index contributed by atoms with van der Waals surface area (Å²) in [4.78, 5) is 43.7. The van der Waals surface area contributed by atoms with E-state index >= 15 is 0 Å². The van der Waals surface area contributed by atoms with Crippen molar-refractivity contribution in [2.45, 2.75) is 0 Å². The molecule has 188 valence electrons. The molecule has 0 aromatic heterocycles. The zero-order valence-electron chi connectivity index (χ0n) is 18.7. The molecule has 13 heteroatoms. The predicted octanol–water partition coefficient (Wildman–Crippen LogP) is 2.57. The van der Waals surface area contributed by atoms with Crippen LogP contribution in [0.4, 0.5) is 11.4 Å². The highest BCUT2D eigenvalue weighted by Crippen LogP contribution is 2.13. The summed E-state index contributed by atoms with van der Waals surface area (Å²) in [6.07, 6.45) is 0. The van der Waals surface area contributed by atoms with Crippen LogP contribution in [-0.2, 0) is 23.7 Å². The van der Waals surface area contributed by atoms with Crippen LogP contribution in [-0.4, -0.2) is 74.6 Å². The zero-order valence-corrected chi connectivity index (χ0v) is 18.7. The van der Waals surface area contributed by atoms with E-state index in [0.717, 1.165) is 0 Å². The third-order valence-electron chi connectivity index (χ3n) is 4.29. The average Bonchev–Trinajstić information content (AvgIpc) is 2.86. The first kappa shape index (κ1) is 27.3. The molecule has 0 aliphatic heterocycles. The van der Waals surface area contributed by atoms with Crippen LogP contribution < -0.4 is 0 Å². The molecule has 35 heavy (non-hydrogen) atoms. The third-order valence-corrected chi connectivity index (χ3v) is 4.29. The van der Waals surface area contributed by atoms with Crippen molar-refractivity contribution in [3.63, 3.8) is 0 Å². The molecule has 0 unspecified atom stereocenters. The smallest absolute Gasteiger partial charge is 0.338 e. The molecule has 0 heterocycles. The first-order chi connectivity index (χ1) is 16.9. The number of rotatable bonds is 16. The number of benzene rings is 2. The van der Waals surface area contributed by atoms with Crippen LogP contribution in [0.2, 0.25) is 0 Å². The number of nitro benzene ring substituents is 2. The molecule has 0 fully saturated rings. The minimum absolute atomic E-state index is 0.0253. The molecule has 2 rings (SSSR count). The van der Waals surface area contributed by atoms with Gasteiger partial charge >= 0.3 is 11.9 Å².